The van der Waals surface area contributed by atoms with Crippen LogP contribution in [0.2, 0.25) is 0 Å². The Morgan fingerprint density at radius 3 is 2.77 bits per heavy atom. The summed E-state index contributed by atoms with van der Waals surface area (Å²) in [5.41, 5.74) is 6.19. The van der Waals surface area contributed by atoms with Gasteiger partial charge in [0.05, 0.1) is 26.4 Å². The van der Waals surface area contributed by atoms with Gasteiger partial charge in [0.15, 0.2) is 16.9 Å². The molecule has 1 atom stereocenters. The molecule has 8 nitrogen and oxygen atoms in total. The van der Waals surface area contributed by atoms with E-state index in [1.54, 1.807) is 11.3 Å². The van der Waals surface area contributed by atoms with Crippen molar-refractivity contribution in [2.24, 2.45) is 10.7 Å². The lowest BCUT2D eigenvalue weighted by Gasteiger charge is -2.35. The summed E-state index contributed by atoms with van der Waals surface area (Å²) in [6.45, 7) is 6.06. The SMILES string of the molecule is I.NC(=NCC1COC2(CCOCC2)O1)N1CCN(c2nccs2)CC1. The first-order valence-corrected chi connectivity index (χ1v) is 9.71. The van der Waals surface area contributed by atoms with Gasteiger partial charge in [-0.1, -0.05) is 0 Å². The van der Waals surface area contributed by atoms with Crippen LogP contribution in [0.3, 0.4) is 0 Å². The van der Waals surface area contributed by atoms with Crippen molar-refractivity contribution in [2.45, 2.75) is 24.7 Å². The molecular weight excluding hydrogens is 469 g/mol. The van der Waals surface area contributed by atoms with Crippen molar-refractivity contribution in [1.82, 2.24) is 9.88 Å². The molecule has 0 aromatic carbocycles. The zero-order valence-corrected chi connectivity index (χ0v) is 17.9. The van der Waals surface area contributed by atoms with E-state index in [0.29, 0.717) is 32.3 Å². The van der Waals surface area contributed by atoms with E-state index in [9.17, 15) is 0 Å². The molecule has 2 N–H and O–H groups in total. The Morgan fingerprint density at radius 2 is 2.08 bits per heavy atom. The van der Waals surface area contributed by atoms with Crippen LogP contribution in [0.25, 0.3) is 0 Å². The van der Waals surface area contributed by atoms with Gasteiger partial charge in [-0.3, -0.25) is 4.99 Å². The van der Waals surface area contributed by atoms with E-state index in [4.69, 9.17) is 19.9 Å². The maximum atomic E-state index is 6.19. The first-order chi connectivity index (χ1) is 12.2. The lowest BCUT2D eigenvalue weighted by atomic mass is 10.1. The van der Waals surface area contributed by atoms with Crippen molar-refractivity contribution >= 4 is 46.4 Å². The number of guanidine groups is 1. The Morgan fingerprint density at radius 1 is 1.31 bits per heavy atom. The molecule has 0 amide bonds. The number of aliphatic imine (C=N–C) groups is 1. The number of ether oxygens (including phenoxy) is 3. The molecule has 3 aliphatic rings. The number of anilines is 1. The van der Waals surface area contributed by atoms with Crippen LogP contribution in [0.5, 0.6) is 0 Å². The third kappa shape index (κ3) is 4.58. The van der Waals surface area contributed by atoms with Gasteiger partial charge in [0.25, 0.3) is 0 Å². The average molecular weight is 495 g/mol. The minimum absolute atomic E-state index is 0. The maximum absolute atomic E-state index is 6.19. The second-order valence-electron chi connectivity index (χ2n) is 6.56. The van der Waals surface area contributed by atoms with Crippen LogP contribution < -0.4 is 10.6 Å². The number of hydrogen-bond donors (Lipinski definition) is 1. The Kier molecular flexibility index (Phi) is 6.94. The summed E-state index contributed by atoms with van der Waals surface area (Å²) >= 11 is 1.67. The van der Waals surface area contributed by atoms with Crippen LogP contribution in [0.1, 0.15) is 12.8 Å². The first kappa shape index (κ1) is 20.1. The van der Waals surface area contributed by atoms with E-state index >= 15 is 0 Å². The minimum atomic E-state index is -0.452. The highest BCUT2D eigenvalue weighted by molar-refractivity contribution is 14.0. The molecule has 0 radical (unpaired) electrons. The molecule has 3 aliphatic heterocycles. The van der Waals surface area contributed by atoms with Gasteiger partial charge in [-0.2, -0.15) is 0 Å². The summed E-state index contributed by atoms with van der Waals surface area (Å²) in [5, 5.41) is 3.08. The summed E-state index contributed by atoms with van der Waals surface area (Å²) in [6.07, 6.45) is 3.41. The quantitative estimate of drug-likeness (QED) is 0.382. The third-order valence-electron chi connectivity index (χ3n) is 4.92. The fraction of sp³-hybridized carbons (Fsp3) is 0.750. The standard InChI is InChI=1S/C16H25N5O3S.HI/c17-14(20-4-6-21(7-5-20)15-18-3-10-25-15)19-11-13-12-23-16(24-13)1-8-22-9-2-16;/h3,10,13H,1-2,4-9,11-12H2,(H2,17,19);1H. The molecule has 26 heavy (non-hydrogen) atoms. The molecule has 1 aromatic heterocycles. The molecule has 10 heteroatoms. The van der Waals surface area contributed by atoms with E-state index in [1.165, 1.54) is 0 Å². The lowest BCUT2D eigenvalue weighted by Crippen LogP contribution is -2.51. The summed E-state index contributed by atoms with van der Waals surface area (Å²) in [5.74, 6) is 0.141. The van der Waals surface area contributed by atoms with Gasteiger partial charge < -0.3 is 29.7 Å². The van der Waals surface area contributed by atoms with Gasteiger partial charge >= 0.3 is 0 Å². The van der Waals surface area contributed by atoms with Crippen LogP contribution in [0.15, 0.2) is 16.6 Å². The van der Waals surface area contributed by atoms with Crippen molar-refractivity contribution in [3.8, 4) is 0 Å². The smallest absolute Gasteiger partial charge is 0.191 e. The lowest BCUT2D eigenvalue weighted by molar-refractivity contribution is -0.210. The Hall–Kier alpha value is -0.690. The summed E-state index contributed by atoms with van der Waals surface area (Å²) in [4.78, 5) is 13.3. The van der Waals surface area contributed by atoms with Crippen molar-refractivity contribution in [1.29, 1.82) is 0 Å². The normalized spacial score (nSPS) is 26.2. The molecule has 0 saturated carbocycles. The molecule has 0 bridgehead atoms. The minimum Gasteiger partial charge on any atom is -0.381 e. The maximum Gasteiger partial charge on any atom is 0.191 e. The molecule has 1 aromatic rings. The fourth-order valence-electron chi connectivity index (χ4n) is 3.45. The second-order valence-corrected chi connectivity index (χ2v) is 7.43. The number of nitrogens with zero attached hydrogens (tertiary/aromatic N) is 4. The van der Waals surface area contributed by atoms with Crippen LogP contribution in [0, 0.1) is 0 Å². The third-order valence-corrected chi connectivity index (χ3v) is 5.75. The molecule has 146 valence electrons. The number of piperazine rings is 1. The number of aromatic nitrogens is 1. The molecular formula is C16H26IN5O3S. The molecule has 1 spiro atoms. The van der Waals surface area contributed by atoms with Gasteiger partial charge in [0.1, 0.15) is 6.10 Å². The second kappa shape index (κ2) is 9.00. The molecule has 4 heterocycles. The van der Waals surface area contributed by atoms with Crippen LogP contribution in [0.4, 0.5) is 5.13 Å². The Bertz CT molecular complexity index is 589. The van der Waals surface area contributed by atoms with Gasteiger partial charge in [-0.15, -0.1) is 35.3 Å². The van der Waals surface area contributed by atoms with E-state index < -0.39 is 5.79 Å². The molecule has 4 rings (SSSR count). The molecule has 1 unspecified atom stereocenters. The van der Waals surface area contributed by atoms with E-state index in [1.807, 2.05) is 11.6 Å². The van der Waals surface area contributed by atoms with Crippen molar-refractivity contribution in [3.05, 3.63) is 11.6 Å². The Balaban J connectivity index is 0.00000196. The highest BCUT2D eigenvalue weighted by Gasteiger charge is 2.42. The zero-order chi connectivity index (χ0) is 17.1. The molecule has 3 saturated heterocycles. The highest BCUT2D eigenvalue weighted by Crippen LogP contribution is 2.33. The predicted octanol–water partition coefficient (Wildman–Crippen LogP) is 1.12. The summed E-state index contributed by atoms with van der Waals surface area (Å²) in [7, 11) is 0. The number of thiazole rings is 1. The average Bonchev–Trinajstić information content (AvgIpc) is 3.31. The number of rotatable bonds is 3. The van der Waals surface area contributed by atoms with Crippen LogP contribution in [-0.4, -0.2) is 80.3 Å². The topological polar surface area (TPSA) is 85.4 Å². The van der Waals surface area contributed by atoms with Crippen LogP contribution >= 0.6 is 35.3 Å². The van der Waals surface area contributed by atoms with Crippen molar-refractivity contribution < 1.29 is 14.2 Å². The monoisotopic (exact) mass is 495 g/mol. The van der Waals surface area contributed by atoms with E-state index in [2.05, 4.69) is 19.8 Å². The summed E-state index contributed by atoms with van der Waals surface area (Å²) in [6, 6.07) is 0. The number of hydrogen-bond acceptors (Lipinski definition) is 7. The van der Waals surface area contributed by atoms with Gasteiger partial charge in [-0.25, -0.2) is 4.98 Å². The highest BCUT2D eigenvalue weighted by atomic mass is 127. The van der Waals surface area contributed by atoms with Gasteiger partial charge in [0.2, 0.25) is 0 Å². The van der Waals surface area contributed by atoms with E-state index in [0.717, 1.165) is 44.2 Å². The largest absolute Gasteiger partial charge is 0.381 e. The number of halogens is 1. The van der Waals surface area contributed by atoms with Gasteiger partial charge in [0, 0.05) is 50.6 Å². The Labute approximate surface area is 174 Å². The summed E-state index contributed by atoms with van der Waals surface area (Å²) < 4.78 is 17.4. The van der Waals surface area contributed by atoms with Crippen LogP contribution in [-0.2, 0) is 14.2 Å². The molecule has 3 fully saturated rings. The molecule has 0 aliphatic carbocycles. The predicted molar refractivity (Wildman–Crippen MR) is 111 cm³/mol. The van der Waals surface area contributed by atoms with Crippen molar-refractivity contribution in [2.75, 3.05) is 57.4 Å². The zero-order valence-electron chi connectivity index (χ0n) is 14.7. The number of nitrogens with two attached hydrogens (primary N) is 1. The van der Waals surface area contributed by atoms with E-state index in [-0.39, 0.29) is 30.1 Å². The fourth-order valence-corrected chi connectivity index (χ4v) is 4.14. The van der Waals surface area contributed by atoms with Gasteiger partial charge in [-0.05, 0) is 0 Å². The van der Waals surface area contributed by atoms with Crippen molar-refractivity contribution in [3.63, 3.8) is 0 Å². The first-order valence-electron chi connectivity index (χ1n) is 8.83.